The first-order valence-electron chi connectivity index (χ1n) is 7.24. The van der Waals surface area contributed by atoms with Crippen molar-refractivity contribution in [2.45, 2.75) is 32.1 Å². The summed E-state index contributed by atoms with van der Waals surface area (Å²) >= 11 is 5.95. The number of fused-ring (bicyclic) bond motifs is 2. The number of carbonyl (C=O) groups is 1. The van der Waals surface area contributed by atoms with E-state index in [9.17, 15) is 4.79 Å². The monoisotopic (exact) mass is 277 g/mol. The number of nitrogens with one attached hydrogen (secondary N) is 1. The third kappa shape index (κ3) is 2.94. The lowest BCUT2D eigenvalue weighted by atomic mass is 9.88. The van der Waals surface area contributed by atoms with Gasteiger partial charge in [-0.3, -0.25) is 4.79 Å². The highest BCUT2D eigenvalue weighted by molar-refractivity contribution is 6.30. The molecule has 2 aliphatic carbocycles. The van der Waals surface area contributed by atoms with Gasteiger partial charge in [-0.15, -0.1) is 0 Å². The summed E-state index contributed by atoms with van der Waals surface area (Å²) in [4.78, 5) is 12.2. The lowest BCUT2D eigenvalue weighted by Gasteiger charge is -2.20. The Labute approximate surface area is 119 Å². The molecule has 3 rings (SSSR count). The van der Waals surface area contributed by atoms with Gasteiger partial charge >= 0.3 is 0 Å². The van der Waals surface area contributed by atoms with Gasteiger partial charge in [-0.1, -0.05) is 30.2 Å². The topological polar surface area (TPSA) is 29.1 Å². The highest BCUT2D eigenvalue weighted by atomic mass is 35.5. The van der Waals surface area contributed by atoms with Crippen LogP contribution in [0, 0.1) is 17.8 Å². The van der Waals surface area contributed by atoms with Crippen LogP contribution in [0.2, 0.25) is 5.02 Å². The Bertz CT molecular complexity index is 474. The van der Waals surface area contributed by atoms with Crippen molar-refractivity contribution in [3.05, 3.63) is 34.9 Å². The quantitative estimate of drug-likeness (QED) is 0.897. The van der Waals surface area contributed by atoms with Crippen molar-refractivity contribution in [2.75, 3.05) is 6.54 Å². The van der Waals surface area contributed by atoms with Crippen LogP contribution in [-0.4, -0.2) is 12.5 Å². The molecule has 2 saturated carbocycles. The van der Waals surface area contributed by atoms with E-state index in [-0.39, 0.29) is 11.8 Å². The first-order valence-corrected chi connectivity index (χ1v) is 7.62. The number of hydrogen-bond donors (Lipinski definition) is 1. The third-order valence-corrected chi connectivity index (χ3v) is 4.91. The molecule has 1 aromatic rings. The van der Waals surface area contributed by atoms with Crippen molar-refractivity contribution in [3.8, 4) is 0 Å². The predicted octanol–water partition coefficient (Wildman–Crippen LogP) is 3.43. The maximum Gasteiger partial charge on any atom is 0.223 e. The molecule has 102 valence electrons. The van der Waals surface area contributed by atoms with Gasteiger partial charge in [0.05, 0.1) is 0 Å². The molecule has 3 heteroatoms. The van der Waals surface area contributed by atoms with Crippen LogP contribution in [0.3, 0.4) is 0 Å². The Morgan fingerprint density at radius 1 is 1.32 bits per heavy atom. The minimum Gasteiger partial charge on any atom is -0.356 e. The average Bonchev–Trinajstić information content (AvgIpc) is 3.01. The standard InChI is InChI=1S/C16H20ClNO/c17-14-3-1-2-11(9-14)6-7-18-16(19)15-10-12-4-5-13(15)8-12/h1-3,9,12-13,15H,4-8,10H2,(H,18,19)/t12-,13-,15-/m1/s1. The van der Waals surface area contributed by atoms with E-state index in [1.54, 1.807) is 0 Å². The third-order valence-electron chi connectivity index (χ3n) is 4.68. The largest absolute Gasteiger partial charge is 0.356 e. The number of benzene rings is 1. The predicted molar refractivity (Wildman–Crippen MR) is 77.1 cm³/mol. The molecule has 2 aliphatic rings. The number of amides is 1. The van der Waals surface area contributed by atoms with Crippen LogP contribution in [-0.2, 0) is 11.2 Å². The summed E-state index contributed by atoms with van der Waals surface area (Å²) in [7, 11) is 0. The van der Waals surface area contributed by atoms with Crippen LogP contribution >= 0.6 is 11.6 Å². The Morgan fingerprint density at radius 3 is 2.89 bits per heavy atom. The Morgan fingerprint density at radius 2 is 2.21 bits per heavy atom. The fourth-order valence-corrected chi connectivity index (χ4v) is 3.93. The molecule has 0 saturated heterocycles. The summed E-state index contributed by atoms with van der Waals surface area (Å²) in [5.74, 6) is 2.05. The van der Waals surface area contributed by atoms with Gasteiger partial charge < -0.3 is 5.32 Å². The fourth-order valence-electron chi connectivity index (χ4n) is 3.72. The minimum absolute atomic E-state index is 0.272. The first-order chi connectivity index (χ1) is 9.22. The van der Waals surface area contributed by atoms with Crippen molar-refractivity contribution in [3.63, 3.8) is 0 Å². The van der Waals surface area contributed by atoms with Gasteiger partial charge in [0.2, 0.25) is 5.91 Å². The molecule has 0 spiro atoms. The van der Waals surface area contributed by atoms with Crippen LogP contribution < -0.4 is 5.32 Å². The maximum absolute atomic E-state index is 12.2. The van der Waals surface area contributed by atoms with E-state index in [0.29, 0.717) is 12.5 Å². The normalized spacial score (nSPS) is 28.6. The molecular weight excluding hydrogens is 258 g/mol. The highest BCUT2D eigenvalue weighted by Gasteiger charge is 2.42. The maximum atomic E-state index is 12.2. The van der Waals surface area contributed by atoms with E-state index in [0.717, 1.165) is 23.8 Å². The Kier molecular flexibility index (Phi) is 3.79. The van der Waals surface area contributed by atoms with Crippen LogP contribution in [0.15, 0.2) is 24.3 Å². The zero-order chi connectivity index (χ0) is 13.2. The second-order valence-electron chi connectivity index (χ2n) is 5.95. The molecule has 0 radical (unpaired) electrons. The van der Waals surface area contributed by atoms with Gasteiger partial charge in [0.25, 0.3) is 0 Å². The van der Waals surface area contributed by atoms with Gasteiger partial charge in [-0.05, 0) is 55.2 Å². The molecule has 2 fully saturated rings. The van der Waals surface area contributed by atoms with Crippen molar-refractivity contribution < 1.29 is 4.79 Å². The zero-order valence-electron chi connectivity index (χ0n) is 11.1. The van der Waals surface area contributed by atoms with E-state index in [2.05, 4.69) is 11.4 Å². The number of carbonyl (C=O) groups excluding carboxylic acids is 1. The van der Waals surface area contributed by atoms with Gasteiger partial charge in [0.1, 0.15) is 0 Å². The molecule has 0 unspecified atom stereocenters. The second kappa shape index (κ2) is 5.54. The molecule has 2 nitrogen and oxygen atoms in total. The fraction of sp³-hybridized carbons (Fsp3) is 0.562. The molecule has 19 heavy (non-hydrogen) atoms. The van der Waals surface area contributed by atoms with E-state index in [4.69, 9.17) is 11.6 Å². The van der Waals surface area contributed by atoms with Crippen molar-refractivity contribution in [1.29, 1.82) is 0 Å². The summed E-state index contributed by atoms with van der Waals surface area (Å²) in [5.41, 5.74) is 1.18. The van der Waals surface area contributed by atoms with Crippen molar-refractivity contribution in [1.82, 2.24) is 5.32 Å². The Balaban J connectivity index is 1.46. The average molecular weight is 278 g/mol. The number of hydrogen-bond acceptors (Lipinski definition) is 1. The van der Waals surface area contributed by atoms with Crippen LogP contribution in [0.4, 0.5) is 0 Å². The summed E-state index contributed by atoms with van der Waals surface area (Å²) < 4.78 is 0. The molecule has 1 aromatic carbocycles. The number of rotatable bonds is 4. The second-order valence-corrected chi connectivity index (χ2v) is 6.39. The van der Waals surface area contributed by atoms with Crippen LogP contribution in [0.25, 0.3) is 0 Å². The number of halogens is 1. The molecule has 0 heterocycles. The van der Waals surface area contributed by atoms with E-state index < -0.39 is 0 Å². The van der Waals surface area contributed by atoms with Crippen molar-refractivity contribution >= 4 is 17.5 Å². The van der Waals surface area contributed by atoms with Crippen molar-refractivity contribution in [2.24, 2.45) is 17.8 Å². The molecule has 2 bridgehead atoms. The molecule has 1 amide bonds. The van der Waals surface area contributed by atoms with Crippen LogP contribution in [0.1, 0.15) is 31.2 Å². The summed E-state index contributed by atoms with van der Waals surface area (Å²) in [5, 5.41) is 3.86. The molecule has 0 aliphatic heterocycles. The van der Waals surface area contributed by atoms with Crippen LogP contribution in [0.5, 0.6) is 0 Å². The van der Waals surface area contributed by atoms with E-state index in [1.807, 2.05) is 18.2 Å². The molecule has 0 aromatic heterocycles. The van der Waals surface area contributed by atoms with Gasteiger partial charge in [0, 0.05) is 17.5 Å². The zero-order valence-corrected chi connectivity index (χ0v) is 11.8. The molecule has 1 N–H and O–H groups in total. The van der Waals surface area contributed by atoms with Gasteiger partial charge in [0.15, 0.2) is 0 Å². The summed E-state index contributed by atoms with van der Waals surface area (Å²) in [6, 6.07) is 7.84. The van der Waals surface area contributed by atoms with Gasteiger partial charge in [-0.2, -0.15) is 0 Å². The molecule has 3 atom stereocenters. The summed E-state index contributed by atoms with van der Waals surface area (Å²) in [6.45, 7) is 0.715. The summed E-state index contributed by atoms with van der Waals surface area (Å²) in [6.07, 6.45) is 5.86. The van der Waals surface area contributed by atoms with Gasteiger partial charge in [-0.25, -0.2) is 0 Å². The smallest absolute Gasteiger partial charge is 0.223 e. The highest BCUT2D eigenvalue weighted by Crippen LogP contribution is 2.48. The Hall–Kier alpha value is -1.02. The lowest BCUT2D eigenvalue weighted by Crippen LogP contribution is -2.34. The van der Waals surface area contributed by atoms with E-state index in [1.165, 1.54) is 24.8 Å². The SMILES string of the molecule is O=C(NCCc1cccc(Cl)c1)[C@@H]1C[C@@H]2CC[C@@H]1C2. The molecular formula is C16H20ClNO. The minimum atomic E-state index is 0.272. The lowest BCUT2D eigenvalue weighted by molar-refractivity contribution is -0.126. The first kappa shape index (κ1) is 13.0. The van der Waals surface area contributed by atoms with E-state index >= 15 is 0 Å².